The summed E-state index contributed by atoms with van der Waals surface area (Å²) in [6, 6.07) is -1.10. The maximum atomic E-state index is 12.5. The molecular weight excluding hydrogens is 522 g/mol. The lowest BCUT2D eigenvalue weighted by molar-refractivity contribution is -0.141. The van der Waals surface area contributed by atoms with Crippen molar-refractivity contribution < 1.29 is 33.8 Å². The highest BCUT2D eigenvalue weighted by Crippen LogP contribution is 2.06. The van der Waals surface area contributed by atoms with Crippen LogP contribution in [0.3, 0.4) is 0 Å². The lowest BCUT2D eigenvalue weighted by Crippen LogP contribution is -2.51. The van der Waals surface area contributed by atoms with Gasteiger partial charge in [-0.25, -0.2) is 4.79 Å². The average molecular weight is 574 g/mol. The Morgan fingerprint density at radius 2 is 1.43 bits per heavy atom. The number of ether oxygens (including phenoxy) is 1. The molecule has 40 heavy (non-hydrogen) atoms. The minimum Gasteiger partial charge on any atom is -0.481 e. The maximum Gasteiger partial charge on any atom is 0.407 e. The summed E-state index contributed by atoms with van der Waals surface area (Å²) in [5.41, 5.74) is 4.72. The summed E-state index contributed by atoms with van der Waals surface area (Å²) in [5.74, 6) is -3.11. The number of likely N-dealkylation sites (N-methyl/N-ethyl adjacent to an activating group) is 3. The molecule has 0 aliphatic rings. The molecule has 0 aromatic heterocycles. The fourth-order valence-corrected chi connectivity index (χ4v) is 3.41. The molecule has 14 heteroatoms. The minimum absolute atomic E-state index is 0.0305. The fourth-order valence-electron chi connectivity index (χ4n) is 3.41. The van der Waals surface area contributed by atoms with Crippen LogP contribution in [-0.4, -0.2) is 135 Å². The van der Waals surface area contributed by atoms with Gasteiger partial charge >= 0.3 is 12.1 Å². The van der Waals surface area contributed by atoms with Crippen molar-refractivity contribution in [3.05, 3.63) is 0 Å². The Kier molecular flexibility index (Phi) is 17.7. The van der Waals surface area contributed by atoms with Gasteiger partial charge in [-0.2, -0.15) is 0 Å². The Labute approximate surface area is 238 Å². The first kappa shape index (κ1) is 37.0. The Balaban J connectivity index is 4.36. The van der Waals surface area contributed by atoms with Gasteiger partial charge in [0.05, 0.1) is 18.9 Å². The summed E-state index contributed by atoms with van der Waals surface area (Å²) in [4.78, 5) is 65.0. The van der Waals surface area contributed by atoms with E-state index in [0.717, 1.165) is 13.1 Å². The van der Waals surface area contributed by atoms with E-state index in [1.807, 2.05) is 39.8 Å². The van der Waals surface area contributed by atoms with Crippen LogP contribution in [0.5, 0.6) is 0 Å². The number of amides is 4. The standard InChI is InChI=1S/C26H51N7O7/c1-19(24(37)38)9-8-10-28-23(36)20(17-21(27)34)30-22(35)18-33(7)16-15-32(6)14-13-31(5)12-11-29-25(39)40-26(2,3)4/h19-20H,8-18H2,1-7H3,(H2,27,34)(H,28,36)(H,29,39)(H,30,35)(H,37,38)/t19-,20-/m0/s1. The van der Waals surface area contributed by atoms with Crippen LogP contribution < -0.4 is 21.7 Å². The van der Waals surface area contributed by atoms with Gasteiger partial charge in [-0.05, 0) is 54.8 Å². The van der Waals surface area contributed by atoms with Crippen molar-refractivity contribution in [2.24, 2.45) is 11.7 Å². The van der Waals surface area contributed by atoms with Crippen LogP contribution in [0.1, 0.15) is 47.0 Å². The minimum atomic E-state index is -1.10. The van der Waals surface area contributed by atoms with E-state index < -0.39 is 47.3 Å². The number of carbonyl (C=O) groups excluding carboxylic acids is 4. The van der Waals surface area contributed by atoms with E-state index in [-0.39, 0.29) is 19.5 Å². The zero-order chi connectivity index (χ0) is 30.9. The van der Waals surface area contributed by atoms with E-state index in [4.69, 9.17) is 15.6 Å². The van der Waals surface area contributed by atoms with Crippen LogP contribution in [0.15, 0.2) is 0 Å². The molecule has 0 aromatic carbocycles. The molecule has 0 aromatic rings. The van der Waals surface area contributed by atoms with Gasteiger partial charge < -0.3 is 41.3 Å². The molecule has 0 aliphatic heterocycles. The van der Waals surface area contributed by atoms with E-state index in [1.165, 1.54) is 0 Å². The topological polar surface area (TPSA) is 187 Å². The molecule has 6 N–H and O–H groups in total. The molecule has 0 aliphatic carbocycles. The van der Waals surface area contributed by atoms with Crippen molar-refractivity contribution in [3.63, 3.8) is 0 Å². The molecule has 0 unspecified atom stereocenters. The normalized spacial score (nSPS) is 13.2. The SMILES string of the molecule is C[C@@H](CCCNC(=O)[C@H](CC(N)=O)NC(=O)CN(C)CCN(C)CCN(C)CCNC(=O)OC(C)(C)C)C(=O)O. The number of carboxylic acids is 1. The number of carbonyl (C=O) groups is 5. The lowest BCUT2D eigenvalue weighted by Gasteiger charge is -2.25. The predicted molar refractivity (Wildman–Crippen MR) is 152 cm³/mol. The molecule has 0 saturated heterocycles. The Morgan fingerprint density at radius 1 is 0.875 bits per heavy atom. The van der Waals surface area contributed by atoms with E-state index in [0.29, 0.717) is 39.0 Å². The Morgan fingerprint density at radius 3 is 1.95 bits per heavy atom. The van der Waals surface area contributed by atoms with Crippen LogP contribution in [0, 0.1) is 5.92 Å². The largest absolute Gasteiger partial charge is 0.481 e. The molecule has 0 spiro atoms. The van der Waals surface area contributed by atoms with Gasteiger partial charge in [-0.15, -0.1) is 0 Å². The molecule has 2 atom stereocenters. The number of nitrogens with two attached hydrogens (primary N) is 1. The van der Waals surface area contributed by atoms with Crippen LogP contribution >= 0.6 is 0 Å². The summed E-state index contributed by atoms with van der Waals surface area (Å²) < 4.78 is 5.22. The van der Waals surface area contributed by atoms with Crippen LogP contribution in [0.4, 0.5) is 4.79 Å². The third kappa shape index (κ3) is 20.0. The number of aliphatic carboxylic acids is 1. The van der Waals surface area contributed by atoms with Crippen LogP contribution in [-0.2, 0) is 23.9 Å². The van der Waals surface area contributed by atoms with Gasteiger partial charge in [-0.1, -0.05) is 6.92 Å². The zero-order valence-corrected chi connectivity index (χ0v) is 25.2. The highest BCUT2D eigenvalue weighted by Gasteiger charge is 2.23. The quantitative estimate of drug-likeness (QED) is 0.116. The molecule has 0 rings (SSSR count). The summed E-state index contributed by atoms with van der Waals surface area (Å²) in [7, 11) is 5.73. The summed E-state index contributed by atoms with van der Waals surface area (Å²) in [6.07, 6.45) is 0.0693. The highest BCUT2D eigenvalue weighted by atomic mass is 16.6. The van der Waals surface area contributed by atoms with Gasteiger partial charge in [0.15, 0.2) is 0 Å². The first-order valence-corrected chi connectivity index (χ1v) is 13.6. The summed E-state index contributed by atoms with van der Waals surface area (Å²) in [6.45, 7) is 11.3. The van der Waals surface area contributed by atoms with Gasteiger partial charge in [-0.3, -0.25) is 24.1 Å². The van der Waals surface area contributed by atoms with Crippen LogP contribution in [0.2, 0.25) is 0 Å². The van der Waals surface area contributed by atoms with Crippen molar-refractivity contribution in [2.45, 2.75) is 58.6 Å². The lowest BCUT2D eigenvalue weighted by atomic mass is 10.1. The molecule has 0 bridgehead atoms. The van der Waals surface area contributed by atoms with E-state index in [2.05, 4.69) is 25.8 Å². The molecule has 0 heterocycles. The van der Waals surface area contributed by atoms with E-state index in [9.17, 15) is 24.0 Å². The number of hydrogen-bond acceptors (Lipinski definition) is 9. The maximum absolute atomic E-state index is 12.5. The van der Waals surface area contributed by atoms with Crippen molar-refractivity contribution in [1.82, 2.24) is 30.7 Å². The highest BCUT2D eigenvalue weighted by molar-refractivity contribution is 5.92. The third-order valence-electron chi connectivity index (χ3n) is 5.89. The first-order valence-electron chi connectivity index (χ1n) is 13.6. The smallest absolute Gasteiger partial charge is 0.407 e. The molecule has 0 radical (unpaired) electrons. The second-order valence-corrected chi connectivity index (χ2v) is 11.2. The van der Waals surface area contributed by atoms with Crippen molar-refractivity contribution in [1.29, 1.82) is 0 Å². The van der Waals surface area contributed by atoms with Crippen molar-refractivity contribution in [2.75, 3.05) is 73.5 Å². The van der Waals surface area contributed by atoms with Gasteiger partial charge in [0.1, 0.15) is 11.6 Å². The number of nitrogens with zero attached hydrogens (tertiary/aromatic N) is 3. The summed E-state index contributed by atoms with van der Waals surface area (Å²) >= 11 is 0. The second kappa shape index (κ2) is 19.2. The summed E-state index contributed by atoms with van der Waals surface area (Å²) in [5, 5.41) is 16.9. The van der Waals surface area contributed by atoms with Gasteiger partial charge in [0, 0.05) is 45.8 Å². The van der Waals surface area contributed by atoms with E-state index >= 15 is 0 Å². The molecule has 0 fully saturated rings. The first-order chi connectivity index (χ1) is 18.5. The third-order valence-corrected chi connectivity index (χ3v) is 5.89. The number of rotatable bonds is 20. The number of nitrogens with one attached hydrogen (secondary N) is 3. The van der Waals surface area contributed by atoms with Crippen molar-refractivity contribution in [3.8, 4) is 0 Å². The second-order valence-electron chi connectivity index (χ2n) is 11.2. The zero-order valence-electron chi connectivity index (χ0n) is 25.2. The number of hydrogen-bond donors (Lipinski definition) is 5. The van der Waals surface area contributed by atoms with Gasteiger partial charge in [0.25, 0.3) is 0 Å². The Hall–Kier alpha value is -2.97. The Bertz CT molecular complexity index is 820. The molecule has 4 amide bonds. The van der Waals surface area contributed by atoms with Crippen LogP contribution in [0.25, 0.3) is 0 Å². The van der Waals surface area contributed by atoms with E-state index in [1.54, 1.807) is 14.0 Å². The molecule has 0 saturated carbocycles. The molecule has 232 valence electrons. The number of primary amides is 1. The molecule has 14 nitrogen and oxygen atoms in total. The average Bonchev–Trinajstić information content (AvgIpc) is 2.81. The fraction of sp³-hybridized carbons (Fsp3) is 0.808. The van der Waals surface area contributed by atoms with Crippen molar-refractivity contribution >= 4 is 29.8 Å². The monoisotopic (exact) mass is 573 g/mol. The number of carboxylic acid groups (broad SMARTS) is 1. The predicted octanol–water partition coefficient (Wildman–Crippen LogP) is -0.716. The number of alkyl carbamates (subject to hydrolysis) is 1. The van der Waals surface area contributed by atoms with Gasteiger partial charge in [0.2, 0.25) is 17.7 Å². The molecular formula is C26H51N7O7.